The third kappa shape index (κ3) is 5.62. The second-order valence-electron chi connectivity index (χ2n) is 11.2. The molecule has 0 spiro atoms. The summed E-state index contributed by atoms with van der Waals surface area (Å²) in [6.45, 7) is 8.09. The molecule has 2 aliphatic carbocycles. The van der Waals surface area contributed by atoms with Crippen LogP contribution >= 0.6 is 0 Å². The number of carbonyl (C=O) groups is 4. The fourth-order valence-corrected chi connectivity index (χ4v) is 6.88. The third-order valence-corrected chi connectivity index (χ3v) is 8.28. The largest absolute Gasteiger partial charge is 0.481 e. The third-order valence-electron chi connectivity index (χ3n) is 8.28. The lowest BCUT2D eigenvalue weighted by Crippen LogP contribution is -2.58. The molecule has 1 aliphatic heterocycles. The zero-order chi connectivity index (χ0) is 28.3. The van der Waals surface area contributed by atoms with Crippen LogP contribution in [0, 0.1) is 16.7 Å². The van der Waals surface area contributed by atoms with Gasteiger partial charge >= 0.3 is 17.9 Å². The summed E-state index contributed by atoms with van der Waals surface area (Å²) < 4.78 is 12.0. The Balaban J connectivity index is 2.03. The highest BCUT2D eigenvalue weighted by Gasteiger charge is 2.63. The maximum absolute atomic E-state index is 13.9. The fraction of sp³-hybridized carbons (Fsp3) is 0.586. The first-order valence-corrected chi connectivity index (χ1v) is 13.1. The van der Waals surface area contributed by atoms with Crippen LogP contribution in [0.15, 0.2) is 47.6 Å². The lowest BCUT2D eigenvalue weighted by molar-refractivity contribution is -0.173. The Morgan fingerprint density at radius 2 is 1.79 bits per heavy atom. The van der Waals surface area contributed by atoms with Gasteiger partial charge in [-0.3, -0.25) is 9.59 Å². The molecule has 0 bridgehead atoms. The Morgan fingerprint density at radius 1 is 1.11 bits per heavy atom. The number of amides is 1. The molecule has 1 unspecified atom stereocenters. The number of allylic oxidation sites excluding steroid dienone is 5. The number of methoxy groups -OCH3 is 1. The molecule has 1 saturated carbocycles. The maximum Gasteiger partial charge on any atom is 0.331 e. The van der Waals surface area contributed by atoms with Crippen LogP contribution in [-0.4, -0.2) is 70.8 Å². The summed E-state index contributed by atoms with van der Waals surface area (Å²) in [4.78, 5) is 51.3. The van der Waals surface area contributed by atoms with Crippen molar-refractivity contribution in [1.82, 2.24) is 4.90 Å². The molecule has 2 N–H and O–H groups in total. The monoisotopic (exact) mass is 529 g/mol. The molecular weight excluding hydrogens is 490 g/mol. The van der Waals surface area contributed by atoms with Crippen molar-refractivity contribution in [1.29, 1.82) is 0 Å². The van der Waals surface area contributed by atoms with Gasteiger partial charge in [-0.25, -0.2) is 9.59 Å². The number of fused-ring (bicyclic) bond motifs is 2. The van der Waals surface area contributed by atoms with E-state index in [0.717, 1.165) is 12.8 Å². The van der Waals surface area contributed by atoms with Crippen molar-refractivity contribution < 1.29 is 38.9 Å². The van der Waals surface area contributed by atoms with Gasteiger partial charge in [0, 0.05) is 43.1 Å². The zero-order valence-electron chi connectivity index (χ0n) is 22.8. The van der Waals surface area contributed by atoms with Gasteiger partial charge < -0.3 is 24.6 Å². The standard InChI is InChI=1S/C29H39NO8/c1-6-7-8-9-10-12-21(33)38-24-23(37-5)18-17-30(19(27(35)36)13-14-20(31)32)26(34)22(18)29(4)16-11-15-28(2,3)25(24)29/h6-10,12,19,23-25H,11,13-17H2,1-5H3,(H,31,32)(H,35,36)/b7-6+,9-8+,12-10+/t19?,23-,24+,25-,29+/m0/s1. The summed E-state index contributed by atoms with van der Waals surface area (Å²) in [5.41, 5.74) is 0.173. The van der Waals surface area contributed by atoms with Crippen LogP contribution in [0.3, 0.4) is 0 Å². The molecule has 38 heavy (non-hydrogen) atoms. The van der Waals surface area contributed by atoms with E-state index in [-0.39, 0.29) is 30.7 Å². The van der Waals surface area contributed by atoms with E-state index in [4.69, 9.17) is 14.6 Å². The van der Waals surface area contributed by atoms with Crippen LogP contribution in [0.1, 0.15) is 59.8 Å². The number of hydrogen-bond donors (Lipinski definition) is 2. The van der Waals surface area contributed by atoms with Gasteiger partial charge in [-0.2, -0.15) is 0 Å². The van der Waals surface area contributed by atoms with Crippen LogP contribution in [0.25, 0.3) is 0 Å². The molecule has 1 heterocycles. The number of ether oxygens (including phenoxy) is 2. The number of aliphatic carboxylic acids is 2. The summed E-state index contributed by atoms with van der Waals surface area (Å²) in [5.74, 6) is -3.56. The number of rotatable bonds is 10. The van der Waals surface area contributed by atoms with E-state index in [9.17, 15) is 24.3 Å². The summed E-state index contributed by atoms with van der Waals surface area (Å²) in [5, 5.41) is 19.0. The van der Waals surface area contributed by atoms with Crippen molar-refractivity contribution in [3.8, 4) is 0 Å². The molecule has 9 nitrogen and oxygen atoms in total. The van der Waals surface area contributed by atoms with Crippen molar-refractivity contribution >= 4 is 23.8 Å². The highest BCUT2D eigenvalue weighted by atomic mass is 16.6. The first-order valence-electron chi connectivity index (χ1n) is 13.1. The molecule has 3 rings (SSSR count). The maximum atomic E-state index is 13.9. The molecule has 1 fully saturated rings. The Kier molecular flexibility index (Phi) is 9.02. The number of esters is 1. The quantitative estimate of drug-likeness (QED) is 0.248. The molecule has 3 aliphatic rings. The number of carboxylic acids is 2. The minimum Gasteiger partial charge on any atom is -0.481 e. The summed E-state index contributed by atoms with van der Waals surface area (Å²) in [6.07, 6.45) is 10.6. The molecule has 0 aromatic carbocycles. The lowest BCUT2D eigenvalue weighted by atomic mass is 9.49. The number of hydrogen-bond acceptors (Lipinski definition) is 6. The summed E-state index contributed by atoms with van der Waals surface area (Å²) in [7, 11) is 1.50. The van der Waals surface area contributed by atoms with E-state index in [0.29, 0.717) is 17.6 Å². The van der Waals surface area contributed by atoms with Gasteiger partial charge in [-0.15, -0.1) is 0 Å². The predicted molar refractivity (Wildman–Crippen MR) is 140 cm³/mol. The predicted octanol–water partition coefficient (Wildman–Crippen LogP) is 3.90. The van der Waals surface area contributed by atoms with Gasteiger partial charge in [0.1, 0.15) is 18.2 Å². The van der Waals surface area contributed by atoms with Crippen LogP contribution < -0.4 is 0 Å². The zero-order valence-corrected chi connectivity index (χ0v) is 22.8. The fourth-order valence-electron chi connectivity index (χ4n) is 6.88. The van der Waals surface area contributed by atoms with Crippen LogP contribution in [0.5, 0.6) is 0 Å². The van der Waals surface area contributed by atoms with Crippen molar-refractivity contribution in [3.63, 3.8) is 0 Å². The second-order valence-corrected chi connectivity index (χ2v) is 11.2. The number of carbonyl (C=O) groups excluding carboxylic acids is 2. The highest BCUT2D eigenvalue weighted by Crippen LogP contribution is 2.62. The molecule has 0 aromatic rings. The minimum atomic E-state index is -1.28. The van der Waals surface area contributed by atoms with E-state index >= 15 is 0 Å². The second kappa shape index (κ2) is 11.7. The molecule has 5 atom stereocenters. The van der Waals surface area contributed by atoms with Crippen molar-refractivity contribution in [3.05, 3.63) is 47.6 Å². The molecule has 9 heteroatoms. The Hall–Kier alpha value is -3.20. The Labute approximate surface area is 223 Å². The molecule has 1 amide bonds. The molecule has 0 radical (unpaired) electrons. The van der Waals surface area contributed by atoms with E-state index in [2.05, 4.69) is 13.8 Å². The average Bonchev–Trinajstić information content (AvgIpc) is 3.15. The smallest absolute Gasteiger partial charge is 0.331 e. The number of nitrogens with zero attached hydrogens (tertiary/aromatic N) is 1. The van der Waals surface area contributed by atoms with Gasteiger partial charge in [0.15, 0.2) is 0 Å². The minimum absolute atomic E-state index is 0.0119. The van der Waals surface area contributed by atoms with E-state index < -0.39 is 47.5 Å². The average molecular weight is 530 g/mol. The Morgan fingerprint density at radius 3 is 2.39 bits per heavy atom. The van der Waals surface area contributed by atoms with Gasteiger partial charge in [-0.05, 0) is 37.2 Å². The SMILES string of the molecule is C/C=C/C=C/C=C/C(=O)O[C@@H]1[C@@H](OC)C2=C(C(=O)N(C(CCC(=O)O)C(=O)O)C2)[C@@]2(C)CCCC(C)(C)[C@H]12. The lowest BCUT2D eigenvalue weighted by Gasteiger charge is -2.57. The van der Waals surface area contributed by atoms with Gasteiger partial charge in [0.25, 0.3) is 5.91 Å². The van der Waals surface area contributed by atoms with E-state index in [1.165, 1.54) is 18.1 Å². The number of carboxylic acid groups (broad SMARTS) is 2. The first-order chi connectivity index (χ1) is 17.9. The highest BCUT2D eigenvalue weighted by molar-refractivity contribution is 6.01. The van der Waals surface area contributed by atoms with Crippen molar-refractivity contribution in [2.45, 2.75) is 78.0 Å². The Bertz CT molecular complexity index is 1080. The van der Waals surface area contributed by atoms with Crippen molar-refractivity contribution in [2.24, 2.45) is 16.7 Å². The van der Waals surface area contributed by atoms with Crippen LogP contribution in [0.4, 0.5) is 0 Å². The molecule has 0 aromatic heterocycles. The molecule has 0 saturated heterocycles. The van der Waals surface area contributed by atoms with Crippen LogP contribution in [-0.2, 0) is 28.7 Å². The summed E-state index contributed by atoms with van der Waals surface area (Å²) >= 11 is 0. The normalized spacial score (nSPS) is 29.7. The van der Waals surface area contributed by atoms with Gasteiger partial charge in [0.2, 0.25) is 0 Å². The topological polar surface area (TPSA) is 130 Å². The van der Waals surface area contributed by atoms with E-state index in [1.54, 1.807) is 18.2 Å². The molecule has 208 valence electrons. The van der Waals surface area contributed by atoms with Gasteiger partial charge in [-0.1, -0.05) is 57.6 Å². The van der Waals surface area contributed by atoms with Crippen LogP contribution in [0.2, 0.25) is 0 Å². The summed E-state index contributed by atoms with van der Waals surface area (Å²) in [6, 6.07) is -1.28. The van der Waals surface area contributed by atoms with Gasteiger partial charge in [0.05, 0.1) is 0 Å². The first kappa shape index (κ1) is 29.4. The van der Waals surface area contributed by atoms with Crippen molar-refractivity contribution in [2.75, 3.05) is 13.7 Å². The van der Waals surface area contributed by atoms with E-state index in [1.807, 2.05) is 26.0 Å². The molecular formula is C29H39NO8.